The highest BCUT2D eigenvalue weighted by Gasteiger charge is 2.43. The average Bonchev–Trinajstić information content (AvgIpc) is 2.92. The lowest BCUT2D eigenvalue weighted by molar-refractivity contribution is 0.0253. The van der Waals surface area contributed by atoms with Gasteiger partial charge in [0.05, 0.1) is 0 Å². The van der Waals surface area contributed by atoms with Gasteiger partial charge < -0.3 is 10.5 Å². The number of piperidine rings is 1. The molecule has 4 rings (SSSR count). The van der Waals surface area contributed by atoms with Gasteiger partial charge in [-0.3, -0.25) is 9.69 Å². The maximum Gasteiger partial charge on any atom is 0.248 e. The number of rotatable bonds is 5. The lowest BCUT2D eigenvalue weighted by Crippen LogP contribution is -2.47. The Morgan fingerprint density at radius 3 is 2.63 bits per heavy atom. The van der Waals surface area contributed by atoms with Crippen LogP contribution in [0.15, 0.2) is 42.6 Å². The van der Waals surface area contributed by atoms with Gasteiger partial charge in [-0.15, -0.1) is 0 Å². The first-order chi connectivity index (χ1) is 13.0. The van der Waals surface area contributed by atoms with Gasteiger partial charge in [0.1, 0.15) is 17.0 Å². The van der Waals surface area contributed by atoms with E-state index >= 15 is 0 Å². The third-order valence-electron chi connectivity index (χ3n) is 5.85. The third kappa shape index (κ3) is 3.80. The molecule has 2 bridgehead atoms. The van der Waals surface area contributed by atoms with Gasteiger partial charge >= 0.3 is 0 Å². The molecule has 1 unspecified atom stereocenters. The maximum absolute atomic E-state index is 11.4. The normalized spacial score (nSPS) is 25.9. The summed E-state index contributed by atoms with van der Waals surface area (Å²) >= 11 is 5.93. The summed E-state index contributed by atoms with van der Waals surface area (Å²) in [6, 6.07) is 12.4. The molecule has 2 N–H and O–H groups in total. The number of hydrogen-bond donors (Lipinski definition) is 1. The number of primary amides is 1. The van der Waals surface area contributed by atoms with Crippen LogP contribution in [0.5, 0.6) is 5.75 Å². The Kier molecular flexibility index (Phi) is 5.06. The van der Waals surface area contributed by atoms with Crippen molar-refractivity contribution < 1.29 is 9.53 Å². The Morgan fingerprint density at radius 1 is 1.26 bits per heavy atom. The molecule has 2 aromatic rings. The Balaban J connectivity index is 1.45. The monoisotopic (exact) mass is 385 g/mol. The van der Waals surface area contributed by atoms with Crippen LogP contribution < -0.4 is 10.5 Å². The highest BCUT2D eigenvalue weighted by Crippen LogP contribution is 2.42. The summed E-state index contributed by atoms with van der Waals surface area (Å²) in [6.07, 6.45) is 6.40. The Labute approximate surface area is 164 Å². The molecule has 142 valence electrons. The van der Waals surface area contributed by atoms with Crippen LogP contribution in [0.4, 0.5) is 0 Å². The second-order valence-electron chi connectivity index (χ2n) is 7.53. The molecule has 6 heteroatoms. The van der Waals surface area contributed by atoms with E-state index in [0.29, 0.717) is 28.8 Å². The number of fused-ring (bicyclic) bond motifs is 2. The molecule has 1 aromatic carbocycles. The van der Waals surface area contributed by atoms with Crippen LogP contribution in [-0.4, -0.2) is 34.0 Å². The van der Waals surface area contributed by atoms with E-state index in [1.54, 1.807) is 12.1 Å². The van der Waals surface area contributed by atoms with E-state index in [9.17, 15) is 4.79 Å². The van der Waals surface area contributed by atoms with Gasteiger partial charge in [0.15, 0.2) is 0 Å². The van der Waals surface area contributed by atoms with E-state index in [-0.39, 0.29) is 6.10 Å². The van der Waals surface area contributed by atoms with Crippen LogP contribution in [0.3, 0.4) is 0 Å². The summed E-state index contributed by atoms with van der Waals surface area (Å²) in [7, 11) is 0. The number of ether oxygens (including phenoxy) is 1. The first-order valence-corrected chi connectivity index (χ1v) is 9.84. The van der Waals surface area contributed by atoms with Gasteiger partial charge in [-0.05, 0) is 62.4 Å². The third-order valence-corrected chi connectivity index (χ3v) is 6.07. The highest BCUT2D eigenvalue weighted by atomic mass is 35.5. The zero-order valence-corrected chi connectivity index (χ0v) is 16.1. The zero-order valence-electron chi connectivity index (χ0n) is 15.3. The second-order valence-corrected chi connectivity index (χ2v) is 7.91. The molecule has 3 heterocycles. The molecule has 27 heavy (non-hydrogen) atoms. The highest BCUT2D eigenvalue weighted by molar-refractivity contribution is 6.29. The van der Waals surface area contributed by atoms with Crippen molar-refractivity contribution in [3.63, 3.8) is 0 Å². The smallest absolute Gasteiger partial charge is 0.248 e. The Hall–Kier alpha value is -2.11. The number of pyridine rings is 1. The van der Waals surface area contributed by atoms with Crippen LogP contribution in [0.25, 0.3) is 0 Å². The van der Waals surface area contributed by atoms with E-state index < -0.39 is 5.91 Å². The van der Waals surface area contributed by atoms with Crippen molar-refractivity contribution in [3.05, 3.63) is 58.9 Å². The molecule has 5 nitrogen and oxygen atoms in total. The van der Waals surface area contributed by atoms with E-state index in [2.05, 4.69) is 22.9 Å². The van der Waals surface area contributed by atoms with Crippen molar-refractivity contribution in [1.82, 2.24) is 9.88 Å². The molecule has 2 aliphatic rings. The number of nitrogens with zero attached hydrogens (tertiary/aromatic N) is 2. The topological polar surface area (TPSA) is 68.5 Å². The Bertz CT molecular complexity index is 812. The van der Waals surface area contributed by atoms with E-state index in [1.807, 2.05) is 24.4 Å². The minimum atomic E-state index is -0.430. The van der Waals surface area contributed by atoms with Crippen molar-refractivity contribution in [2.45, 2.75) is 56.8 Å². The second kappa shape index (κ2) is 7.49. The lowest BCUT2D eigenvalue weighted by atomic mass is 9.95. The molecular weight excluding hydrogens is 362 g/mol. The number of hydrogen-bond acceptors (Lipinski definition) is 4. The lowest BCUT2D eigenvalue weighted by Gasteiger charge is -2.42. The molecule has 0 radical (unpaired) electrons. The van der Waals surface area contributed by atoms with Gasteiger partial charge in [-0.2, -0.15) is 0 Å². The molecule has 1 amide bonds. The molecule has 1 aromatic heterocycles. The summed E-state index contributed by atoms with van der Waals surface area (Å²) in [6.45, 7) is 2.24. The first-order valence-electron chi connectivity index (χ1n) is 9.46. The summed E-state index contributed by atoms with van der Waals surface area (Å²) in [5, 5.41) is 0.527. The molecule has 2 aliphatic heterocycles. The molecule has 4 atom stereocenters. The van der Waals surface area contributed by atoms with Crippen LogP contribution in [0.2, 0.25) is 5.15 Å². The van der Waals surface area contributed by atoms with Crippen molar-refractivity contribution in [2.75, 3.05) is 0 Å². The van der Waals surface area contributed by atoms with Gasteiger partial charge in [-0.25, -0.2) is 4.98 Å². The van der Waals surface area contributed by atoms with E-state index in [1.165, 1.54) is 18.4 Å². The molecule has 2 fully saturated rings. The SMILES string of the molecule is C[C@H](c1ccc(Cl)nc1)N1[C@@H]2CC[C@H]1CC(Oc1cccc(C(N)=O)c1)C2. The number of carbonyl (C=O) groups excluding carboxylic acids is 1. The summed E-state index contributed by atoms with van der Waals surface area (Å²) in [4.78, 5) is 18.2. The van der Waals surface area contributed by atoms with Crippen LogP contribution in [-0.2, 0) is 0 Å². The molecule has 2 saturated heterocycles. The van der Waals surface area contributed by atoms with E-state index in [4.69, 9.17) is 22.1 Å². The number of benzene rings is 1. The largest absolute Gasteiger partial charge is 0.490 e. The van der Waals surface area contributed by atoms with Crippen molar-refractivity contribution in [1.29, 1.82) is 0 Å². The van der Waals surface area contributed by atoms with Crippen molar-refractivity contribution in [2.24, 2.45) is 5.73 Å². The first kappa shape index (κ1) is 18.3. The summed E-state index contributed by atoms with van der Waals surface area (Å²) < 4.78 is 6.21. The molecule has 0 spiro atoms. The fraction of sp³-hybridized carbons (Fsp3) is 0.429. The number of carbonyl (C=O) groups is 1. The molecule has 0 saturated carbocycles. The predicted molar refractivity (Wildman–Crippen MR) is 105 cm³/mol. The number of amides is 1. The fourth-order valence-electron chi connectivity index (χ4n) is 4.61. The van der Waals surface area contributed by atoms with E-state index in [0.717, 1.165) is 18.6 Å². The van der Waals surface area contributed by atoms with Crippen LogP contribution in [0.1, 0.15) is 54.6 Å². The van der Waals surface area contributed by atoms with Gasteiger partial charge in [0.2, 0.25) is 5.91 Å². The van der Waals surface area contributed by atoms with Gasteiger partial charge in [0.25, 0.3) is 0 Å². The minimum absolute atomic E-state index is 0.164. The Morgan fingerprint density at radius 2 is 2.00 bits per heavy atom. The average molecular weight is 386 g/mol. The van der Waals surface area contributed by atoms with Crippen LogP contribution in [0, 0.1) is 0 Å². The fourth-order valence-corrected chi connectivity index (χ4v) is 4.73. The minimum Gasteiger partial charge on any atom is -0.490 e. The van der Waals surface area contributed by atoms with Crippen LogP contribution >= 0.6 is 11.6 Å². The zero-order chi connectivity index (χ0) is 19.0. The molecule has 0 aliphatic carbocycles. The van der Waals surface area contributed by atoms with Gasteiger partial charge in [-0.1, -0.05) is 23.7 Å². The van der Waals surface area contributed by atoms with Gasteiger partial charge in [0, 0.05) is 29.9 Å². The molecular formula is C21H24ClN3O2. The maximum atomic E-state index is 11.4. The number of nitrogens with two attached hydrogens (primary N) is 1. The predicted octanol–water partition coefficient (Wildman–Crippen LogP) is 3.97. The quantitative estimate of drug-likeness (QED) is 0.790. The number of aromatic nitrogens is 1. The summed E-state index contributed by atoms with van der Waals surface area (Å²) in [5.41, 5.74) is 7.05. The number of halogens is 1. The van der Waals surface area contributed by atoms with Crippen molar-refractivity contribution in [3.8, 4) is 5.75 Å². The van der Waals surface area contributed by atoms with Crippen molar-refractivity contribution >= 4 is 17.5 Å². The summed E-state index contributed by atoms with van der Waals surface area (Å²) in [5.74, 6) is 0.292. The standard InChI is InChI=1S/C21H24ClN3O2/c1-13(15-5-8-20(22)24-12-15)25-16-6-7-17(25)11-19(10-16)27-18-4-2-3-14(9-18)21(23)26/h2-5,8-9,12-13,16-17,19H,6-7,10-11H2,1H3,(H2,23,26)/t13-,16-,17+,19?/m1/s1.